The van der Waals surface area contributed by atoms with Crippen LogP contribution in [-0.2, 0) is 9.59 Å². The van der Waals surface area contributed by atoms with Crippen LogP contribution in [0.15, 0.2) is 54.6 Å². The maximum atomic E-state index is 12.2. The first-order chi connectivity index (χ1) is 11.1. The van der Waals surface area contributed by atoms with E-state index >= 15 is 0 Å². The van der Waals surface area contributed by atoms with Crippen LogP contribution in [0, 0.1) is 0 Å². The molecule has 0 saturated carbocycles. The highest BCUT2D eigenvalue weighted by Crippen LogP contribution is 2.19. The molecule has 0 bridgehead atoms. The Hall–Kier alpha value is -2.82. The summed E-state index contributed by atoms with van der Waals surface area (Å²) < 4.78 is 5.08. The van der Waals surface area contributed by atoms with Crippen LogP contribution in [0.3, 0.4) is 0 Å². The highest BCUT2D eigenvalue weighted by molar-refractivity contribution is 5.91. The lowest BCUT2D eigenvalue weighted by molar-refractivity contribution is -0.120. The molecule has 0 radical (unpaired) electrons. The van der Waals surface area contributed by atoms with E-state index in [9.17, 15) is 9.59 Å². The Morgan fingerprint density at radius 2 is 1.70 bits per heavy atom. The third-order valence-corrected chi connectivity index (χ3v) is 3.34. The number of benzene rings is 2. The van der Waals surface area contributed by atoms with Gasteiger partial charge in [-0.2, -0.15) is 0 Å². The summed E-state index contributed by atoms with van der Waals surface area (Å²) in [6.45, 7) is 1.44. The fourth-order valence-corrected chi connectivity index (χ4v) is 2.25. The summed E-state index contributed by atoms with van der Waals surface area (Å²) >= 11 is 0. The monoisotopic (exact) mass is 312 g/mol. The van der Waals surface area contributed by atoms with E-state index < -0.39 is 0 Å². The van der Waals surface area contributed by atoms with Crippen LogP contribution >= 0.6 is 0 Å². The summed E-state index contributed by atoms with van der Waals surface area (Å²) in [6, 6.07) is 16.2. The molecule has 0 saturated heterocycles. The predicted octanol–water partition coefficient (Wildman–Crippen LogP) is 2.90. The molecule has 0 heterocycles. The van der Waals surface area contributed by atoms with Crippen LogP contribution in [0.4, 0.5) is 5.69 Å². The minimum atomic E-state index is -0.355. The molecule has 5 nitrogen and oxygen atoms in total. The molecule has 0 unspecified atom stereocenters. The fourth-order valence-electron chi connectivity index (χ4n) is 2.25. The van der Waals surface area contributed by atoms with E-state index in [0.717, 1.165) is 11.3 Å². The topological polar surface area (TPSA) is 67.4 Å². The molecule has 23 heavy (non-hydrogen) atoms. The second-order valence-electron chi connectivity index (χ2n) is 5.14. The Bertz CT molecular complexity index is 654. The average molecular weight is 312 g/mol. The molecule has 0 aromatic heterocycles. The molecule has 2 amide bonds. The van der Waals surface area contributed by atoms with E-state index in [1.807, 2.05) is 30.3 Å². The van der Waals surface area contributed by atoms with Gasteiger partial charge in [0.1, 0.15) is 5.75 Å². The number of amides is 2. The van der Waals surface area contributed by atoms with Crippen LogP contribution < -0.4 is 15.4 Å². The summed E-state index contributed by atoms with van der Waals surface area (Å²) in [5.74, 6) is 0.386. The van der Waals surface area contributed by atoms with E-state index in [2.05, 4.69) is 10.6 Å². The molecule has 5 heteroatoms. The summed E-state index contributed by atoms with van der Waals surface area (Å²) in [5, 5.41) is 5.63. The van der Waals surface area contributed by atoms with Crippen LogP contribution in [0.5, 0.6) is 5.75 Å². The van der Waals surface area contributed by atoms with Gasteiger partial charge < -0.3 is 15.4 Å². The maximum absolute atomic E-state index is 12.2. The second kappa shape index (κ2) is 7.98. The van der Waals surface area contributed by atoms with Crippen LogP contribution in [0.25, 0.3) is 0 Å². The van der Waals surface area contributed by atoms with Crippen molar-refractivity contribution in [3.8, 4) is 5.75 Å². The molecule has 0 fully saturated rings. The molecule has 2 aromatic carbocycles. The standard InChI is InChI=1S/C18H20N2O3/c1-13(21)19-17(14-6-4-3-5-7-14)12-18(22)20-15-8-10-16(23-2)11-9-15/h3-11,17H,12H2,1-2H3,(H,19,21)(H,20,22)/t17-/m1/s1. The summed E-state index contributed by atoms with van der Waals surface area (Å²) in [6.07, 6.45) is 0.162. The first-order valence-corrected chi connectivity index (χ1v) is 7.34. The lowest BCUT2D eigenvalue weighted by Crippen LogP contribution is -2.29. The van der Waals surface area contributed by atoms with E-state index in [-0.39, 0.29) is 24.3 Å². The predicted molar refractivity (Wildman–Crippen MR) is 89.2 cm³/mol. The first-order valence-electron chi connectivity index (χ1n) is 7.34. The third-order valence-electron chi connectivity index (χ3n) is 3.34. The number of hydrogen-bond acceptors (Lipinski definition) is 3. The smallest absolute Gasteiger partial charge is 0.226 e. The van der Waals surface area contributed by atoms with Crippen LogP contribution in [-0.4, -0.2) is 18.9 Å². The average Bonchev–Trinajstić information content (AvgIpc) is 2.55. The molecule has 2 rings (SSSR count). The summed E-state index contributed by atoms with van der Waals surface area (Å²) in [4.78, 5) is 23.6. The lowest BCUT2D eigenvalue weighted by Gasteiger charge is -2.18. The van der Waals surface area contributed by atoms with Crippen LogP contribution in [0.2, 0.25) is 0 Å². The van der Waals surface area contributed by atoms with Gasteiger partial charge in [-0.05, 0) is 29.8 Å². The van der Waals surface area contributed by atoms with Gasteiger partial charge in [-0.25, -0.2) is 0 Å². The Morgan fingerprint density at radius 1 is 1.04 bits per heavy atom. The zero-order valence-corrected chi connectivity index (χ0v) is 13.2. The van der Waals surface area contributed by atoms with Crippen molar-refractivity contribution in [3.05, 3.63) is 60.2 Å². The number of methoxy groups -OCH3 is 1. The minimum absolute atomic E-state index is 0.162. The van der Waals surface area contributed by atoms with Gasteiger partial charge >= 0.3 is 0 Å². The normalized spacial score (nSPS) is 11.4. The molecule has 2 aromatic rings. The minimum Gasteiger partial charge on any atom is -0.497 e. The third kappa shape index (κ3) is 5.14. The van der Waals surface area contributed by atoms with Gasteiger partial charge in [0.15, 0.2) is 0 Å². The van der Waals surface area contributed by atoms with E-state index in [1.165, 1.54) is 6.92 Å². The molecule has 0 aliphatic heterocycles. The number of ether oxygens (including phenoxy) is 1. The SMILES string of the molecule is COc1ccc(NC(=O)C[C@@H](NC(C)=O)c2ccccc2)cc1. The quantitative estimate of drug-likeness (QED) is 0.862. The highest BCUT2D eigenvalue weighted by Gasteiger charge is 2.17. The van der Waals surface area contributed by atoms with Crippen molar-refractivity contribution in [3.63, 3.8) is 0 Å². The molecule has 2 N–H and O–H groups in total. The molecular weight excluding hydrogens is 292 g/mol. The Balaban J connectivity index is 2.03. The molecule has 0 spiro atoms. The van der Waals surface area contributed by atoms with Gasteiger partial charge in [-0.15, -0.1) is 0 Å². The highest BCUT2D eigenvalue weighted by atomic mass is 16.5. The van der Waals surface area contributed by atoms with E-state index in [4.69, 9.17) is 4.74 Å². The molecule has 120 valence electrons. The number of hydrogen-bond donors (Lipinski definition) is 2. The molecule has 1 atom stereocenters. The van der Waals surface area contributed by atoms with Crippen molar-refractivity contribution < 1.29 is 14.3 Å². The molecule has 0 aliphatic rings. The van der Waals surface area contributed by atoms with Gasteiger partial charge in [-0.1, -0.05) is 30.3 Å². The number of nitrogens with one attached hydrogen (secondary N) is 2. The van der Waals surface area contributed by atoms with Gasteiger partial charge in [0.25, 0.3) is 0 Å². The Kier molecular flexibility index (Phi) is 5.74. The van der Waals surface area contributed by atoms with E-state index in [1.54, 1.807) is 31.4 Å². The number of rotatable bonds is 6. The van der Waals surface area contributed by atoms with Crippen molar-refractivity contribution in [1.82, 2.24) is 5.32 Å². The zero-order chi connectivity index (χ0) is 16.7. The van der Waals surface area contributed by atoms with Gasteiger partial charge in [-0.3, -0.25) is 9.59 Å². The van der Waals surface area contributed by atoms with Crippen molar-refractivity contribution in [2.24, 2.45) is 0 Å². The number of carbonyl (C=O) groups is 2. The molecular formula is C18H20N2O3. The largest absolute Gasteiger partial charge is 0.497 e. The number of anilines is 1. The van der Waals surface area contributed by atoms with Crippen LogP contribution in [0.1, 0.15) is 24.9 Å². The Labute approximate surface area is 135 Å². The first kappa shape index (κ1) is 16.5. The fraction of sp³-hybridized carbons (Fsp3) is 0.222. The van der Waals surface area contributed by atoms with Crippen molar-refractivity contribution >= 4 is 17.5 Å². The van der Waals surface area contributed by atoms with Gasteiger partial charge in [0.2, 0.25) is 11.8 Å². The van der Waals surface area contributed by atoms with Gasteiger partial charge in [0.05, 0.1) is 19.6 Å². The summed E-state index contributed by atoms with van der Waals surface area (Å²) in [5.41, 5.74) is 1.58. The Morgan fingerprint density at radius 3 is 2.26 bits per heavy atom. The number of carbonyl (C=O) groups excluding carboxylic acids is 2. The summed E-state index contributed by atoms with van der Waals surface area (Å²) in [7, 11) is 1.59. The maximum Gasteiger partial charge on any atom is 0.226 e. The second-order valence-corrected chi connectivity index (χ2v) is 5.14. The van der Waals surface area contributed by atoms with E-state index in [0.29, 0.717) is 5.69 Å². The zero-order valence-electron chi connectivity index (χ0n) is 13.2. The van der Waals surface area contributed by atoms with Crippen molar-refractivity contribution in [1.29, 1.82) is 0 Å². The van der Waals surface area contributed by atoms with Gasteiger partial charge in [0, 0.05) is 12.6 Å². The van der Waals surface area contributed by atoms with Crippen molar-refractivity contribution in [2.75, 3.05) is 12.4 Å². The lowest BCUT2D eigenvalue weighted by atomic mass is 10.0. The molecule has 0 aliphatic carbocycles. The van der Waals surface area contributed by atoms with Crippen molar-refractivity contribution in [2.45, 2.75) is 19.4 Å².